The summed E-state index contributed by atoms with van der Waals surface area (Å²) in [4.78, 5) is 28.2. The van der Waals surface area contributed by atoms with Gasteiger partial charge in [0.1, 0.15) is 4.83 Å². The summed E-state index contributed by atoms with van der Waals surface area (Å²) in [6, 6.07) is 19.2. The molecule has 2 aromatic heterocycles. The maximum atomic E-state index is 12.9. The lowest BCUT2D eigenvalue weighted by Gasteiger charge is -2.16. The van der Waals surface area contributed by atoms with Crippen molar-refractivity contribution in [2.45, 2.75) is 13.8 Å². The van der Waals surface area contributed by atoms with Gasteiger partial charge in [-0.1, -0.05) is 35.9 Å². The van der Waals surface area contributed by atoms with Crippen LogP contribution in [0, 0.1) is 13.8 Å². The van der Waals surface area contributed by atoms with Gasteiger partial charge in [0.05, 0.1) is 22.8 Å². The van der Waals surface area contributed by atoms with Crippen molar-refractivity contribution in [2.75, 3.05) is 18.9 Å². The monoisotopic (exact) mass is 418 g/mol. The Bertz CT molecular complexity index is 1210. The molecule has 0 aliphatic rings. The molecule has 0 spiro atoms. The Kier molecular flexibility index (Phi) is 5.37. The molecule has 0 atom stereocenters. The van der Waals surface area contributed by atoms with Crippen LogP contribution in [0.1, 0.15) is 20.9 Å². The van der Waals surface area contributed by atoms with Gasteiger partial charge in [-0.05, 0) is 44.2 Å². The van der Waals surface area contributed by atoms with Crippen molar-refractivity contribution in [1.29, 1.82) is 0 Å². The van der Waals surface area contributed by atoms with Crippen LogP contribution in [0.15, 0.2) is 60.7 Å². The van der Waals surface area contributed by atoms with Crippen molar-refractivity contribution in [1.82, 2.24) is 14.7 Å². The second kappa shape index (κ2) is 8.12. The number of rotatable bonds is 5. The molecule has 0 aliphatic heterocycles. The Hall–Kier alpha value is -3.45. The number of thiophene rings is 1. The van der Waals surface area contributed by atoms with E-state index in [-0.39, 0.29) is 18.4 Å². The normalized spacial score (nSPS) is 10.9. The number of aryl methyl sites for hydroxylation is 2. The van der Waals surface area contributed by atoms with Crippen LogP contribution in [-0.4, -0.2) is 40.1 Å². The molecule has 0 saturated heterocycles. The number of fused-ring (bicyclic) bond motifs is 1. The van der Waals surface area contributed by atoms with Gasteiger partial charge in [0.25, 0.3) is 5.91 Å². The van der Waals surface area contributed by atoms with Crippen molar-refractivity contribution < 1.29 is 9.59 Å². The molecule has 0 radical (unpaired) electrons. The van der Waals surface area contributed by atoms with Crippen LogP contribution >= 0.6 is 11.3 Å². The Morgan fingerprint density at radius 3 is 2.47 bits per heavy atom. The van der Waals surface area contributed by atoms with Gasteiger partial charge in [0.2, 0.25) is 5.91 Å². The van der Waals surface area contributed by atoms with E-state index < -0.39 is 0 Å². The third-order valence-electron chi connectivity index (χ3n) is 4.82. The molecule has 0 fully saturated rings. The zero-order valence-corrected chi connectivity index (χ0v) is 17.9. The molecule has 30 heavy (non-hydrogen) atoms. The highest BCUT2D eigenvalue weighted by molar-refractivity contribution is 7.20. The lowest BCUT2D eigenvalue weighted by Crippen LogP contribution is -2.34. The molecule has 2 heterocycles. The molecule has 1 N–H and O–H groups in total. The highest BCUT2D eigenvalue weighted by atomic mass is 32.1. The minimum atomic E-state index is -0.234. The molecule has 0 aliphatic carbocycles. The molecule has 4 aromatic rings. The van der Waals surface area contributed by atoms with Gasteiger partial charge in [0.15, 0.2) is 0 Å². The smallest absolute Gasteiger partial charge is 0.264 e. The topological polar surface area (TPSA) is 67.2 Å². The summed E-state index contributed by atoms with van der Waals surface area (Å²) in [5, 5.41) is 8.38. The van der Waals surface area contributed by atoms with E-state index in [1.807, 2.05) is 79.2 Å². The third kappa shape index (κ3) is 3.97. The molecule has 2 aromatic carbocycles. The Morgan fingerprint density at radius 2 is 1.77 bits per heavy atom. The summed E-state index contributed by atoms with van der Waals surface area (Å²) in [5.74, 6) is -0.420. The van der Waals surface area contributed by atoms with E-state index in [1.165, 1.54) is 16.2 Å². The number of hydrogen-bond acceptors (Lipinski definition) is 4. The first-order valence-electron chi connectivity index (χ1n) is 9.59. The Balaban J connectivity index is 1.51. The highest BCUT2D eigenvalue weighted by Gasteiger charge is 2.21. The van der Waals surface area contributed by atoms with E-state index in [0.29, 0.717) is 10.6 Å². The van der Waals surface area contributed by atoms with E-state index in [2.05, 4.69) is 10.4 Å². The van der Waals surface area contributed by atoms with Crippen molar-refractivity contribution >= 4 is 39.1 Å². The molecule has 0 unspecified atom stereocenters. The SMILES string of the molecule is Cc1ccc(NC(=O)CN(C)C(=O)c2cc3c(C)nn(-c4ccccc4)c3s2)cc1. The number of aromatic nitrogens is 2. The summed E-state index contributed by atoms with van der Waals surface area (Å²) < 4.78 is 1.86. The molecule has 152 valence electrons. The van der Waals surface area contributed by atoms with E-state index in [4.69, 9.17) is 0 Å². The van der Waals surface area contributed by atoms with Crippen LogP contribution in [0.25, 0.3) is 15.9 Å². The van der Waals surface area contributed by atoms with Gasteiger partial charge in [0, 0.05) is 18.1 Å². The van der Waals surface area contributed by atoms with Crippen molar-refractivity contribution in [3.05, 3.63) is 76.8 Å². The second-order valence-electron chi connectivity index (χ2n) is 7.24. The van der Waals surface area contributed by atoms with Crippen LogP contribution in [0.2, 0.25) is 0 Å². The van der Waals surface area contributed by atoms with Gasteiger partial charge < -0.3 is 10.2 Å². The number of hydrogen-bond donors (Lipinski definition) is 1. The molecule has 4 rings (SSSR count). The molecule has 7 heteroatoms. The average Bonchev–Trinajstić information content (AvgIpc) is 3.30. The lowest BCUT2D eigenvalue weighted by atomic mass is 10.2. The van der Waals surface area contributed by atoms with Crippen LogP contribution in [-0.2, 0) is 4.79 Å². The fourth-order valence-corrected chi connectivity index (χ4v) is 4.39. The Morgan fingerprint density at radius 1 is 1.07 bits per heavy atom. The van der Waals surface area contributed by atoms with Gasteiger partial charge in [-0.25, -0.2) is 4.68 Å². The minimum Gasteiger partial charge on any atom is -0.332 e. The molecular formula is C23H22N4O2S. The minimum absolute atomic E-state index is 0.0231. The first-order chi connectivity index (χ1) is 14.4. The van der Waals surface area contributed by atoms with Crippen LogP contribution in [0.5, 0.6) is 0 Å². The summed E-state index contributed by atoms with van der Waals surface area (Å²) in [7, 11) is 1.64. The number of nitrogens with one attached hydrogen (secondary N) is 1. The summed E-state index contributed by atoms with van der Waals surface area (Å²) in [6.45, 7) is 3.90. The predicted octanol–water partition coefficient (Wildman–Crippen LogP) is 4.41. The highest BCUT2D eigenvalue weighted by Crippen LogP contribution is 2.31. The van der Waals surface area contributed by atoms with Crippen LogP contribution < -0.4 is 5.32 Å². The van der Waals surface area contributed by atoms with E-state index in [0.717, 1.165) is 27.2 Å². The van der Waals surface area contributed by atoms with Gasteiger partial charge in [-0.3, -0.25) is 9.59 Å². The average molecular weight is 419 g/mol. The number of nitrogens with zero attached hydrogens (tertiary/aromatic N) is 3. The maximum absolute atomic E-state index is 12.9. The Labute approximate surface area is 178 Å². The second-order valence-corrected chi connectivity index (χ2v) is 8.27. The predicted molar refractivity (Wildman–Crippen MR) is 120 cm³/mol. The lowest BCUT2D eigenvalue weighted by molar-refractivity contribution is -0.116. The van der Waals surface area contributed by atoms with Gasteiger partial charge in [-0.15, -0.1) is 11.3 Å². The standard InChI is InChI=1S/C23H22N4O2S/c1-15-9-11-17(12-10-15)24-21(28)14-26(3)22(29)20-13-19-16(2)25-27(23(19)30-20)18-7-5-4-6-8-18/h4-13H,14H2,1-3H3,(H,24,28). The zero-order valence-electron chi connectivity index (χ0n) is 17.0. The first-order valence-corrected chi connectivity index (χ1v) is 10.4. The molecular weight excluding hydrogens is 396 g/mol. The number of carbonyl (C=O) groups excluding carboxylic acids is 2. The van der Waals surface area contributed by atoms with Crippen molar-refractivity contribution in [3.63, 3.8) is 0 Å². The number of benzene rings is 2. The summed E-state index contributed by atoms with van der Waals surface area (Å²) in [6.07, 6.45) is 0. The number of para-hydroxylation sites is 1. The third-order valence-corrected chi connectivity index (χ3v) is 5.92. The van der Waals surface area contributed by atoms with E-state index in [9.17, 15) is 9.59 Å². The fourth-order valence-electron chi connectivity index (χ4n) is 3.21. The zero-order chi connectivity index (χ0) is 21.3. The maximum Gasteiger partial charge on any atom is 0.264 e. The number of anilines is 1. The molecule has 0 bridgehead atoms. The summed E-state index contributed by atoms with van der Waals surface area (Å²) >= 11 is 1.39. The summed E-state index contributed by atoms with van der Waals surface area (Å²) in [5.41, 5.74) is 3.65. The van der Waals surface area contributed by atoms with E-state index in [1.54, 1.807) is 7.05 Å². The molecule has 0 saturated carbocycles. The first kappa shape index (κ1) is 19.8. The number of likely N-dealkylation sites (N-methyl/N-ethyl adjacent to an activating group) is 1. The number of carbonyl (C=O) groups is 2. The van der Waals surface area contributed by atoms with Crippen LogP contribution in [0.4, 0.5) is 5.69 Å². The van der Waals surface area contributed by atoms with Crippen molar-refractivity contribution in [3.8, 4) is 5.69 Å². The fraction of sp³-hybridized carbons (Fsp3) is 0.174. The molecule has 2 amide bonds. The van der Waals surface area contributed by atoms with Gasteiger partial charge >= 0.3 is 0 Å². The van der Waals surface area contributed by atoms with Gasteiger partial charge in [-0.2, -0.15) is 5.10 Å². The van der Waals surface area contributed by atoms with Crippen molar-refractivity contribution in [2.24, 2.45) is 0 Å². The quantitative estimate of drug-likeness (QED) is 0.522. The largest absolute Gasteiger partial charge is 0.332 e. The van der Waals surface area contributed by atoms with Crippen LogP contribution in [0.3, 0.4) is 0 Å². The number of amides is 2. The molecule has 6 nitrogen and oxygen atoms in total. The van der Waals surface area contributed by atoms with E-state index >= 15 is 0 Å².